The smallest absolute Gasteiger partial charge is 0.508 e. The van der Waals surface area contributed by atoms with Crippen LogP contribution in [-0.4, -0.2) is 23.2 Å². The Bertz CT molecular complexity index is 385. The highest BCUT2D eigenvalue weighted by molar-refractivity contribution is 5.59. The number of hydrogen-bond acceptors (Lipinski definition) is 3. The molecule has 0 aliphatic carbocycles. The third-order valence-corrected chi connectivity index (χ3v) is 1.62. The third-order valence-electron chi connectivity index (χ3n) is 1.62. The number of benzene rings is 1. The molecule has 0 bridgehead atoms. The molecule has 0 atom stereocenters. The average molecular weight is 234 g/mol. The fraction of sp³-hybridized carbons (Fsp3) is 0.200. The highest BCUT2D eigenvalue weighted by Crippen LogP contribution is 2.29. The summed E-state index contributed by atoms with van der Waals surface area (Å²) >= 11 is 0. The van der Waals surface area contributed by atoms with Crippen molar-refractivity contribution >= 4 is 6.08 Å². The summed E-state index contributed by atoms with van der Waals surface area (Å²) in [5.74, 6) is -0.623. The normalized spacial score (nSPS) is 12.0. The lowest BCUT2D eigenvalue weighted by atomic mass is 10.2. The zero-order valence-electron chi connectivity index (χ0n) is 8.03. The predicted molar refractivity (Wildman–Crippen MR) is 50.9 cm³/mol. The number of phenolic OH excluding ortho intramolecular Hbond substituents is 1. The molecule has 0 fully saturated rings. The Morgan fingerprint density at radius 2 is 2.00 bits per heavy atom. The van der Waals surface area contributed by atoms with E-state index in [0.717, 1.165) is 18.2 Å². The summed E-state index contributed by atoms with van der Waals surface area (Å²) in [5, 5.41) is 17.6. The van der Waals surface area contributed by atoms with Gasteiger partial charge < -0.3 is 14.9 Å². The van der Waals surface area contributed by atoms with Crippen molar-refractivity contribution in [2.45, 2.75) is 6.36 Å². The number of aliphatic hydroxyl groups is 1. The van der Waals surface area contributed by atoms with Gasteiger partial charge in [0, 0.05) is 5.56 Å². The molecule has 0 radical (unpaired) electrons. The SMILES string of the molecule is OCC=Cc1cc(O)ccc1OC(F)(F)F. The molecule has 0 aliphatic rings. The van der Waals surface area contributed by atoms with Crippen LogP contribution in [0, 0.1) is 0 Å². The number of rotatable bonds is 3. The zero-order chi connectivity index (χ0) is 12.2. The number of ether oxygens (including phenoxy) is 1. The molecular formula is C10H9F3O3. The second-order valence-electron chi connectivity index (χ2n) is 2.85. The van der Waals surface area contributed by atoms with E-state index in [1.807, 2.05) is 0 Å². The van der Waals surface area contributed by atoms with Crippen molar-refractivity contribution in [3.8, 4) is 11.5 Å². The van der Waals surface area contributed by atoms with Crippen molar-refractivity contribution in [1.29, 1.82) is 0 Å². The summed E-state index contributed by atoms with van der Waals surface area (Å²) in [6, 6.07) is 3.18. The van der Waals surface area contributed by atoms with Crippen LogP contribution in [0.1, 0.15) is 5.56 Å². The first-order chi connectivity index (χ1) is 7.42. The Morgan fingerprint density at radius 3 is 2.56 bits per heavy atom. The van der Waals surface area contributed by atoms with Crippen LogP contribution < -0.4 is 4.74 Å². The molecule has 0 spiro atoms. The highest BCUT2D eigenvalue weighted by atomic mass is 19.4. The molecule has 1 rings (SSSR count). The van der Waals surface area contributed by atoms with Gasteiger partial charge in [0.1, 0.15) is 11.5 Å². The molecule has 3 nitrogen and oxygen atoms in total. The average Bonchev–Trinajstić information content (AvgIpc) is 2.16. The fourth-order valence-corrected chi connectivity index (χ4v) is 1.06. The van der Waals surface area contributed by atoms with Gasteiger partial charge in [0.05, 0.1) is 6.61 Å². The lowest BCUT2D eigenvalue weighted by Gasteiger charge is -2.11. The van der Waals surface area contributed by atoms with E-state index in [4.69, 9.17) is 10.2 Å². The molecule has 0 saturated heterocycles. The van der Waals surface area contributed by atoms with Gasteiger partial charge in [-0.1, -0.05) is 12.2 Å². The molecule has 1 aromatic rings. The predicted octanol–water partition coefficient (Wildman–Crippen LogP) is 2.30. The number of aromatic hydroxyl groups is 1. The molecule has 88 valence electrons. The Balaban J connectivity index is 3.03. The van der Waals surface area contributed by atoms with Crippen LogP contribution in [0.2, 0.25) is 0 Å². The van der Waals surface area contributed by atoms with Crippen LogP contribution in [0.5, 0.6) is 11.5 Å². The van der Waals surface area contributed by atoms with E-state index in [2.05, 4.69) is 4.74 Å². The zero-order valence-corrected chi connectivity index (χ0v) is 8.03. The molecule has 16 heavy (non-hydrogen) atoms. The van der Waals surface area contributed by atoms with Gasteiger partial charge in [0.2, 0.25) is 0 Å². The van der Waals surface area contributed by atoms with Gasteiger partial charge in [-0.25, -0.2) is 0 Å². The number of phenols is 1. The summed E-state index contributed by atoms with van der Waals surface area (Å²) in [4.78, 5) is 0. The Labute approximate surface area is 89.4 Å². The molecule has 0 heterocycles. The van der Waals surface area contributed by atoms with Crippen LogP contribution >= 0.6 is 0 Å². The quantitative estimate of drug-likeness (QED) is 0.843. The molecule has 0 amide bonds. The van der Waals surface area contributed by atoms with E-state index in [1.54, 1.807) is 0 Å². The summed E-state index contributed by atoms with van der Waals surface area (Å²) < 4.78 is 39.7. The van der Waals surface area contributed by atoms with Gasteiger partial charge in [-0.15, -0.1) is 13.2 Å². The van der Waals surface area contributed by atoms with Crippen molar-refractivity contribution in [1.82, 2.24) is 0 Å². The first kappa shape index (κ1) is 12.4. The number of halogens is 3. The van der Waals surface area contributed by atoms with Gasteiger partial charge in [0.15, 0.2) is 0 Å². The second-order valence-corrected chi connectivity index (χ2v) is 2.85. The topological polar surface area (TPSA) is 49.7 Å². The molecule has 0 aromatic heterocycles. The van der Waals surface area contributed by atoms with Crippen LogP contribution in [0.15, 0.2) is 24.3 Å². The minimum absolute atomic E-state index is 0.0337. The van der Waals surface area contributed by atoms with E-state index >= 15 is 0 Å². The van der Waals surface area contributed by atoms with Gasteiger partial charge in [-0.2, -0.15) is 0 Å². The minimum atomic E-state index is -4.79. The van der Waals surface area contributed by atoms with Crippen LogP contribution in [-0.2, 0) is 0 Å². The van der Waals surface area contributed by atoms with Crippen molar-refractivity contribution in [2.24, 2.45) is 0 Å². The number of alkyl halides is 3. The summed E-state index contributed by atoms with van der Waals surface area (Å²) in [7, 11) is 0. The minimum Gasteiger partial charge on any atom is -0.508 e. The molecule has 1 aromatic carbocycles. The van der Waals surface area contributed by atoms with Crippen molar-refractivity contribution in [3.63, 3.8) is 0 Å². The summed E-state index contributed by atoms with van der Waals surface area (Å²) in [6.07, 6.45) is -2.34. The Kier molecular flexibility index (Phi) is 3.78. The lowest BCUT2D eigenvalue weighted by Crippen LogP contribution is -2.17. The van der Waals surface area contributed by atoms with Gasteiger partial charge in [-0.05, 0) is 18.2 Å². The van der Waals surface area contributed by atoms with E-state index in [0.29, 0.717) is 0 Å². The summed E-state index contributed by atoms with van der Waals surface area (Å²) in [6.45, 7) is -0.318. The summed E-state index contributed by atoms with van der Waals surface area (Å²) in [5.41, 5.74) is 0.0337. The second kappa shape index (κ2) is 4.89. The van der Waals surface area contributed by atoms with Gasteiger partial charge in [0.25, 0.3) is 0 Å². The van der Waals surface area contributed by atoms with Crippen LogP contribution in [0.25, 0.3) is 6.08 Å². The highest BCUT2D eigenvalue weighted by Gasteiger charge is 2.31. The lowest BCUT2D eigenvalue weighted by molar-refractivity contribution is -0.274. The van der Waals surface area contributed by atoms with Crippen molar-refractivity contribution in [3.05, 3.63) is 29.8 Å². The molecular weight excluding hydrogens is 225 g/mol. The van der Waals surface area contributed by atoms with E-state index < -0.39 is 12.1 Å². The molecule has 6 heteroatoms. The monoisotopic (exact) mass is 234 g/mol. The Morgan fingerprint density at radius 1 is 1.31 bits per heavy atom. The molecule has 0 aliphatic heterocycles. The maximum Gasteiger partial charge on any atom is 0.573 e. The molecule has 2 N–H and O–H groups in total. The van der Waals surface area contributed by atoms with Crippen molar-refractivity contribution in [2.75, 3.05) is 6.61 Å². The third kappa shape index (κ3) is 3.82. The van der Waals surface area contributed by atoms with Gasteiger partial charge in [-0.3, -0.25) is 0 Å². The largest absolute Gasteiger partial charge is 0.573 e. The van der Waals surface area contributed by atoms with Crippen LogP contribution in [0.3, 0.4) is 0 Å². The van der Waals surface area contributed by atoms with Crippen molar-refractivity contribution < 1.29 is 28.1 Å². The van der Waals surface area contributed by atoms with E-state index in [-0.39, 0.29) is 17.9 Å². The maximum atomic E-state index is 12.0. The maximum absolute atomic E-state index is 12.0. The first-order valence-electron chi connectivity index (χ1n) is 4.28. The molecule has 0 unspecified atom stereocenters. The van der Waals surface area contributed by atoms with E-state index in [1.165, 1.54) is 12.2 Å². The number of hydrogen-bond donors (Lipinski definition) is 2. The van der Waals surface area contributed by atoms with Crippen LogP contribution in [0.4, 0.5) is 13.2 Å². The first-order valence-corrected chi connectivity index (χ1v) is 4.28. The Hall–Kier alpha value is -1.69. The molecule has 0 saturated carbocycles. The fourth-order valence-electron chi connectivity index (χ4n) is 1.06. The standard InChI is InChI=1S/C10H9F3O3/c11-10(12,13)16-9-4-3-8(15)6-7(9)2-1-5-14/h1-4,6,14-15H,5H2. The van der Waals surface area contributed by atoms with Gasteiger partial charge >= 0.3 is 6.36 Å². The van der Waals surface area contributed by atoms with E-state index in [9.17, 15) is 13.2 Å². The number of aliphatic hydroxyl groups excluding tert-OH is 1.